The Labute approximate surface area is 167 Å². The molecule has 6 nitrogen and oxygen atoms in total. The molecule has 2 N–H and O–H groups in total. The molecule has 3 rings (SSSR count). The average Bonchev–Trinajstić information content (AvgIpc) is 2.68. The topological polar surface area (TPSA) is 76.7 Å². The quantitative estimate of drug-likeness (QED) is 0.707. The van der Waals surface area contributed by atoms with Gasteiger partial charge in [0.15, 0.2) is 0 Å². The SMILES string of the molecule is C[C@@H](NS(C)(=O)=O)c1ccc(CNC[C@H]2COC[C@H](c3ccccc3)O2)cc1. The van der Waals surface area contributed by atoms with E-state index in [0.29, 0.717) is 26.3 Å². The van der Waals surface area contributed by atoms with Gasteiger partial charge in [0.2, 0.25) is 10.0 Å². The van der Waals surface area contributed by atoms with Gasteiger partial charge in [0.05, 0.1) is 25.6 Å². The van der Waals surface area contributed by atoms with Crippen molar-refractivity contribution in [3.8, 4) is 0 Å². The smallest absolute Gasteiger partial charge is 0.209 e. The molecule has 0 saturated carbocycles. The van der Waals surface area contributed by atoms with E-state index in [4.69, 9.17) is 9.47 Å². The molecule has 28 heavy (non-hydrogen) atoms. The lowest BCUT2D eigenvalue weighted by molar-refractivity contribution is -0.138. The Bertz CT molecular complexity index is 840. The van der Waals surface area contributed by atoms with Crippen LogP contribution in [0.2, 0.25) is 0 Å². The van der Waals surface area contributed by atoms with Gasteiger partial charge in [-0.15, -0.1) is 0 Å². The molecule has 0 radical (unpaired) electrons. The van der Waals surface area contributed by atoms with Gasteiger partial charge in [-0.3, -0.25) is 0 Å². The summed E-state index contributed by atoms with van der Waals surface area (Å²) in [7, 11) is -3.22. The number of benzene rings is 2. The zero-order valence-corrected chi connectivity index (χ0v) is 17.1. The maximum absolute atomic E-state index is 11.3. The molecule has 1 saturated heterocycles. The molecule has 0 unspecified atom stereocenters. The Morgan fingerprint density at radius 3 is 2.46 bits per heavy atom. The second-order valence-corrected chi connectivity index (χ2v) is 8.96. The highest BCUT2D eigenvalue weighted by atomic mass is 32.2. The Balaban J connectivity index is 1.46. The molecule has 0 amide bonds. The monoisotopic (exact) mass is 404 g/mol. The highest BCUT2D eigenvalue weighted by Crippen LogP contribution is 2.23. The maximum atomic E-state index is 11.3. The normalized spacial score (nSPS) is 21.4. The minimum Gasteiger partial charge on any atom is -0.376 e. The fourth-order valence-electron chi connectivity index (χ4n) is 3.26. The predicted molar refractivity (Wildman–Crippen MR) is 109 cm³/mol. The van der Waals surface area contributed by atoms with E-state index in [1.807, 2.05) is 49.4 Å². The van der Waals surface area contributed by atoms with Crippen molar-refractivity contribution < 1.29 is 17.9 Å². The van der Waals surface area contributed by atoms with Crippen LogP contribution in [0.5, 0.6) is 0 Å². The van der Waals surface area contributed by atoms with E-state index in [-0.39, 0.29) is 18.2 Å². The van der Waals surface area contributed by atoms with E-state index >= 15 is 0 Å². The van der Waals surface area contributed by atoms with Crippen molar-refractivity contribution in [3.05, 3.63) is 71.3 Å². The van der Waals surface area contributed by atoms with E-state index in [0.717, 1.165) is 16.7 Å². The largest absolute Gasteiger partial charge is 0.376 e. The Kier molecular flexibility index (Phi) is 7.20. The van der Waals surface area contributed by atoms with Gasteiger partial charge in [0, 0.05) is 19.1 Å². The molecule has 2 aromatic carbocycles. The Morgan fingerprint density at radius 1 is 1.07 bits per heavy atom. The lowest BCUT2D eigenvalue weighted by Gasteiger charge is -2.30. The number of rotatable bonds is 8. The second-order valence-electron chi connectivity index (χ2n) is 7.18. The van der Waals surface area contributed by atoms with Gasteiger partial charge in [0.1, 0.15) is 6.10 Å². The first-order chi connectivity index (χ1) is 13.4. The van der Waals surface area contributed by atoms with Crippen molar-refractivity contribution in [1.29, 1.82) is 0 Å². The van der Waals surface area contributed by atoms with Crippen molar-refractivity contribution in [3.63, 3.8) is 0 Å². The van der Waals surface area contributed by atoms with Gasteiger partial charge in [-0.05, 0) is 23.6 Å². The first-order valence-electron chi connectivity index (χ1n) is 9.46. The second kappa shape index (κ2) is 9.62. The van der Waals surface area contributed by atoms with Crippen LogP contribution >= 0.6 is 0 Å². The van der Waals surface area contributed by atoms with Crippen LogP contribution in [0.3, 0.4) is 0 Å². The zero-order valence-electron chi connectivity index (χ0n) is 16.3. The summed E-state index contributed by atoms with van der Waals surface area (Å²) in [6.07, 6.45) is 1.16. The highest BCUT2D eigenvalue weighted by molar-refractivity contribution is 7.88. The van der Waals surface area contributed by atoms with Crippen molar-refractivity contribution in [2.24, 2.45) is 0 Å². The first-order valence-corrected chi connectivity index (χ1v) is 11.3. The zero-order chi connectivity index (χ0) is 20.0. The van der Waals surface area contributed by atoms with Crippen LogP contribution in [0, 0.1) is 0 Å². The standard InChI is InChI=1S/C21H28N2O4S/c1-16(23-28(2,24)25)18-10-8-17(9-11-18)12-22-13-20-14-26-15-21(27-20)19-6-4-3-5-7-19/h3-11,16,20-23H,12-15H2,1-2H3/t16-,20+,21-/m1/s1. The molecule has 0 spiro atoms. The molecule has 152 valence electrons. The van der Waals surface area contributed by atoms with Gasteiger partial charge < -0.3 is 14.8 Å². The van der Waals surface area contributed by atoms with Gasteiger partial charge in [0.25, 0.3) is 0 Å². The van der Waals surface area contributed by atoms with E-state index < -0.39 is 10.0 Å². The number of ether oxygens (including phenoxy) is 2. The van der Waals surface area contributed by atoms with E-state index in [1.165, 1.54) is 6.26 Å². The van der Waals surface area contributed by atoms with Crippen LogP contribution in [-0.2, 0) is 26.0 Å². The van der Waals surface area contributed by atoms with Crippen LogP contribution in [-0.4, -0.2) is 40.5 Å². The molecule has 0 aliphatic carbocycles. The van der Waals surface area contributed by atoms with E-state index in [2.05, 4.69) is 22.2 Å². The summed E-state index contributed by atoms with van der Waals surface area (Å²) in [5.41, 5.74) is 3.20. The predicted octanol–water partition coefficient (Wildman–Crippen LogP) is 2.54. The van der Waals surface area contributed by atoms with Crippen LogP contribution < -0.4 is 10.0 Å². The van der Waals surface area contributed by atoms with Gasteiger partial charge in [-0.1, -0.05) is 54.6 Å². The molecule has 0 aromatic heterocycles. The summed E-state index contributed by atoms with van der Waals surface area (Å²) in [6, 6.07) is 17.8. The average molecular weight is 405 g/mol. The van der Waals surface area contributed by atoms with Crippen molar-refractivity contribution in [2.75, 3.05) is 26.0 Å². The molecule has 1 heterocycles. The lowest BCUT2D eigenvalue weighted by atomic mass is 10.1. The summed E-state index contributed by atoms with van der Waals surface area (Å²) in [6.45, 7) is 4.42. The van der Waals surface area contributed by atoms with E-state index in [1.54, 1.807) is 0 Å². The lowest BCUT2D eigenvalue weighted by Crippen LogP contribution is -2.38. The number of hydrogen-bond donors (Lipinski definition) is 2. The fraction of sp³-hybridized carbons (Fsp3) is 0.429. The summed E-state index contributed by atoms with van der Waals surface area (Å²) >= 11 is 0. The Morgan fingerprint density at radius 2 is 1.79 bits per heavy atom. The van der Waals surface area contributed by atoms with Crippen LogP contribution in [0.4, 0.5) is 0 Å². The van der Waals surface area contributed by atoms with Gasteiger partial charge in [-0.2, -0.15) is 0 Å². The number of sulfonamides is 1. The number of nitrogens with one attached hydrogen (secondary N) is 2. The maximum Gasteiger partial charge on any atom is 0.209 e. The highest BCUT2D eigenvalue weighted by Gasteiger charge is 2.23. The summed E-state index contributed by atoms with van der Waals surface area (Å²) in [5.74, 6) is 0. The molecule has 0 bridgehead atoms. The molecule has 1 aliphatic rings. The third-order valence-electron chi connectivity index (χ3n) is 4.67. The molecular formula is C21H28N2O4S. The summed E-state index contributed by atoms with van der Waals surface area (Å²) in [4.78, 5) is 0. The molecule has 3 atom stereocenters. The summed E-state index contributed by atoms with van der Waals surface area (Å²) < 4.78 is 37.1. The first kappa shape index (κ1) is 21.0. The van der Waals surface area contributed by atoms with Crippen molar-refractivity contribution in [1.82, 2.24) is 10.0 Å². The number of hydrogen-bond acceptors (Lipinski definition) is 5. The fourth-order valence-corrected chi connectivity index (χ4v) is 4.04. The molecule has 1 aliphatic heterocycles. The minimum atomic E-state index is -3.22. The summed E-state index contributed by atoms with van der Waals surface area (Å²) in [5, 5.41) is 3.41. The molecule has 7 heteroatoms. The third-order valence-corrected chi connectivity index (χ3v) is 5.45. The molecule has 1 fully saturated rings. The van der Waals surface area contributed by atoms with Crippen LogP contribution in [0.25, 0.3) is 0 Å². The van der Waals surface area contributed by atoms with Crippen LogP contribution in [0.15, 0.2) is 54.6 Å². The Hall–Kier alpha value is -1.77. The van der Waals surface area contributed by atoms with Crippen LogP contribution in [0.1, 0.15) is 35.8 Å². The van der Waals surface area contributed by atoms with Gasteiger partial charge >= 0.3 is 0 Å². The third kappa shape index (κ3) is 6.39. The van der Waals surface area contributed by atoms with E-state index in [9.17, 15) is 8.42 Å². The van der Waals surface area contributed by atoms with Crippen molar-refractivity contribution >= 4 is 10.0 Å². The molecular weight excluding hydrogens is 376 g/mol. The van der Waals surface area contributed by atoms with Gasteiger partial charge in [-0.25, -0.2) is 13.1 Å². The minimum absolute atomic E-state index is 0.0113. The van der Waals surface area contributed by atoms with Crippen molar-refractivity contribution in [2.45, 2.75) is 31.7 Å². The molecule has 2 aromatic rings.